The van der Waals surface area contributed by atoms with Gasteiger partial charge in [0, 0.05) is 24.4 Å². The Morgan fingerprint density at radius 2 is 2.00 bits per heavy atom. The van der Waals surface area contributed by atoms with Crippen LogP contribution in [0, 0.1) is 11.3 Å². The standard InChI is InChI=1S/C15H23N3/c1-2-13(1)15(5-6-15)10-18-11-17-9-14(18)12-3-7-16-8-4-12/h9,11-13,16H,1-8,10H2. The Morgan fingerprint density at radius 1 is 1.22 bits per heavy atom. The zero-order valence-electron chi connectivity index (χ0n) is 11.1. The second-order valence-electron chi connectivity index (χ2n) is 6.61. The number of imidazole rings is 1. The molecule has 0 radical (unpaired) electrons. The molecule has 3 aliphatic rings. The predicted octanol–water partition coefficient (Wildman–Crippen LogP) is 2.54. The van der Waals surface area contributed by atoms with Crippen molar-refractivity contribution >= 4 is 0 Å². The fourth-order valence-electron chi connectivity index (χ4n) is 3.81. The molecule has 1 saturated heterocycles. The van der Waals surface area contributed by atoms with Crippen molar-refractivity contribution < 1.29 is 0 Å². The number of nitrogens with zero attached hydrogens (tertiary/aromatic N) is 2. The first-order valence-corrected chi connectivity index (χ1v) is 7.58. The van der Waals surface area contributed by atoms with E-state index in [4.69, 9.17) is 0 Å². The van der Waals surface area contributed by atoms with Gasteiger partial charge in [0.1, 0.15) is 0 Å². The number of hydrogen-bond donors (Lipinski definition) is 1. The van der Waals surface area contributed by atoms with Crippen molar-refractivity contribution in [2.75, 3.05) is 13.1 Å². The molecule has 1 N–H and O–H groups in total. The first-order chi connectivity index (χ1) is 8.87. The van der Waals surface area contributed by atoms with Crippen LogP contribution in [0.5, 0.6) is 0 Å². The fraction of sp³-hybridized carbons (Fsp3) is 0.800. The van der Waals surface area contributed by atoms with Crippen LogP contribution in [0.2, 0.25) is 0 Å². The average molecular weight is 245 g/mol. The van der Waals surface area contributed by atoms with Crippen molar-refractivity contribution in [1.82, 2.24) is 14.9 Å². The van der Waals surface area contributed by atoms with Gasteiger partial charge in [0.2, 0.25) is 0 Å². The highest BCUT2D eigenvalue weighted by atomic mass is 15.1. The number of nitrogens with one attached hydrogen (secondary N) is 1. The summed E-state index contributed by atoms with van der Waals surface area (Å²) in [4.78, 5) is 4.43. The summed E-state index contributed by atoms with van der Waals surface area (Å²) in [6.45, 7) is 3.59. The maximum Gasteiger partial charge on any atom is 0.0948 e. The van der Waals surface area contributed by atoms with Crippen LogP contribution in [-0.2, 0) is 6.54 Å². The summed E-state index contributed by atoms with van der Waals surface area (Å²) in [5.41, 5.74) is 2.19. The van der Waals surface area contributed by atoms with E-state index in [0.29, 0.717) is 5.41 Å². The molecule has 0 spiro atoms. The summed E-state index contributed by atoms with van der Waals surface area (Å²) in [5, 5.41) is 3.46. The highest BCUT2D eigenvalue weighted by Crippen LogP contribution is 2.62. The third kappa shape index (κ3) is 1.89. The van der Waals surface area contributed by atoms with Gasteiger partial charge in [-0.2, -0.15) is 0 Å². The van der Waals surface area contributed by atoms with Crippen LogP contribution in [0.15, 0.2) is 12.5 Å². The van der Waals surface area contributed by atoms with E-state index in [1.54, 1.807) is 0 Å². The predicted molar refractivity (Wildman–Crippen MR) is 71.5 cm³/mol. The molecule has 98 valence electrons. The maximum absolute atomic E-state index is 4.43. The smallest absolute Gasteiger partial charge is 0.0948 e. The Morgan fingerprint density at radius 3 is 2.67 bits per heavy atom. The summed E-state index contributed by atoms with van der Waals surface area (Å²) in [6, 6.07) is 0. The molecule has 0 bridgehead atoms. The van der Waals surface area contributed by atoms with Crippen LogP contribution in [0.1, 0.15) is 50.1 Å². The topological polar surface area (TPSA) is 29.9 Å². The van der Waals surface area contributed by atoms with E-state index in [1.807, 2.05) is 0 Å². The van der Waals surface area contributed by atoms with Gasteiger partial charge in [0.05, 0.1) is 6.33 Å². The molecule has 2 aliphatic carbocycles. The van der Waals surface area contributed by atoms with Gasteiger partial charge in [0.25, 0.3) is 0 Å². The molecular weight excluding hydrogens is 222 g/mol. The van der Waals surface area contributed by atoms with Gasteiger partial charge in [0.15, 0.2) is 0 Å². The molecule has 3 nitrogen and oxygen atoms in total. The number of aromatic nitrogens is 2. The molecular formula is C15H23N3. The summed E-state index contributed by atoms with van der Waals surface area (Å²) in [5.74, 6) is 1.78. The average Bonchev–Trinajstić information content (AvgIpc) is 3.29. The van der Waals surface area contributed by atoms with Gasteiger partial charge < -0.3 is 9.88 Å². The summed E-state index contributed by atoms with van der Waals surface area (Å²) < 4.78 is 2.49. The zero-order chi connectivity index (χ0) is 12.0. The molecule has 3 fully saturated rings. The van der Waals surface area contributed by atoms with Crippen LogP contribution >= 0.6 is 0 Å². The summed E-state index contributed by atoms with van der Waals surface area (Å²) >= 11 is 0. The molecule has 3 heteroatoms. The van der Waals surface area contributed by atoms with Crippen LogP contribution < -0.4 is 5.32 Å². The minimum atomic E-state index is 0.683. The SMILES string of the molecule is c1ncn(CC2(C3CC3)CC2)c1C1CCNCC1. The second kappa shape index (κ2) is 4.09. The number of rotatable bonds is 4. The Bertz CT molecular complexity index is 423. The van der Waals surface area contributed by atoms with Crippen molar-refractivity contribution in [3.8, 4) is 0 Å². The highest BCUT2D eigenvalue weighted by Gasteiger charge is 2.53. The summed E-state index contributed by atoms with van der Waals surface area (Å²) in [6.07, 6.45) is 12.7. The number of piperidine rings is 1. The van der Waals surface area contributed by atoms with Gasteiger partial charge in [-0.25, -0.2) is 4.98 Å². The molecule has 1 aliphatic heterocycles. The largest absolute Gasteiger partial charge is 0.334 e. The van der Waals surface area contributed by atoms with Crippen molar-refractivity contribution in [3.63, 3.8) is 0 Å². The Kier molecular flexibility index (Phi) is 2.51. The Balaban J connectivity index is 1.52. The molecule has 0 amide bonds. The summed E-state index contributed by atoms with van der Waals surface area (Å²) in [7, 11) is 0. The maximum atomic E-state index is 4.43. The zero-order valence-corrected chi connectivity index (χ0v) is 11.1. The quantitative estimate of drug-likeness (QED) is 0.883. The Labute approximate surface area is 109 Å². The molecule has 2 heterocycles. The van der Waals surface area contributed by atoms with Gasteiger partial charge in [-0.05, 0) is 62.9 Å². The van der Waals surface area contributed by atoms with Crippen LogP contribution in [-0.4, -0.2) is 22.6 Å². The van der Waals surface area contributed by atoms with E-state index in [0.717, 1.165) is 11.8 Å². The molecule has 0 atom stereocenters. The van der Waals surface area contributed by atoms with Crippen LogP contribution in [0.25, 0.3) is 0 Å². The molecule has 18 heavy (non-hydrogen) atoms. The van der Waals surface area contributed by atoms with Gasteiger partial charge in [-0.1, -0.05) is 0 Å². The van der Waals surface area contributed by atoms with Crippen molar-refractivity contribution in [1.29, 1.82) is 0 Å². The van der Waals surface area contributed by atoms with Gasteiger partial charge in [-0.3, -0.25) is 0 Å². The van der Waals surface area contributed by atoms with Crippen molar-refractivity contribution in [3.05, 3.63) is 18.2 Å². The van der Waals surface area contributed by atoms with E-state index < -0.39 is 0 Å². The Hall–Kier alpha value is -0.830. The number of hydrogen-bond acceptors (Lipinski definition) is 2. The van der Waals surface area contributed by atoms with Crippen molar-refractivity contribution in [2.45, 2.75) is 51.0 Å². The first-order valence-electron chi connectivity index (χ1n) is 7.58. The van der Waals surface area contributed by atoms with E-state index in [1.165, 1.54) is 63.9 Å². The molecule has 0 aromatic carbocycles. The van der Waals surface area contributed by atoms with Crippen molar-refractivity contribution in [2.24, 2.45) is 11.3 Å². The highest BCUT2D eigenvalue weighted by molar-refractivity contribution is 5.11. The third-order valence-corrected chi connectivity index (χ3v) is 5.32. The van der Waals surface area contributed by atoms with Crippen LogP contribution in [0.3, 0.4) is 0 Å². The normalized spacial score (nSPS) is 27.3. The molecule has 1 aromatic rings. The fourth-order valence-corrected chi connectivity index (χ4v) is 3.81. The lowest BCUT2D eigenvalue weighted by molar-refractivity contribution is 0.351. The van der Waals surface area contributed by atoms with E-state index >= 15 is 0 Å². The lowest BCUT2D eigenvalue weighted by Crippen LogP contribution is -2.28. The molecule has 4 rings (SSSR count). The monoisotopic (exact) mass is 245 g/mol. The van der Waals surface area contributed by atoms with Gasteiger partial charge >= 0.3 is 0 Å². The minimum absolute atomic E-state index is 0.683. The van der Waals surface area contributed by atoms with E-state index in [-0.39, 0.29) is 0 Å². The minimum Gasteiger partial charge on any atom is -0.334 e. The third-order valence-electron chi connectivity index (χ3n) is 5.32. The van der Waals surface area contributed by atoms with Crippen LogP contribution in [0.4, 0.5) is 0 Å². The van der Waals surface area contributed by atoms with E-state index in [9.17, 15) is 0 Å². The first kappa shape index (κ1) is 11.0. The lowest BCUT2D eigenvalue weighted by atomic mass is 9.94. The molecule has 2 saturated carbocycles. The molecule has 1 aromatic heterocycles. The lowest BCUT2D eigenvalue weighted by Gasteiger charge is -2.25. The molecule has 0 unspecified atom stereocenters. The second-order valence-corrected chi connectivity index (χ2v) is 6.61. The van der Waals surface area contributed by atoms with Gasteiger partial charge in [-0.15, -0.1) is 0 Å². The van der Waals surface area contributed by atoms with E-state index in [2.05, 4.69) is 27.4 Å².